The highest BCUT2D eigenvalue weighted by Crippen LogP contribution is 2.62. The Morgan fingerprint density at radius 1 is 0.590 bits per heavy atom. The van der Waals surface area contributed by atoms with Crippen LogP contribution in [0, 0.1) is 0 Å². The highest BCUT2D eigenvalue weighted by Gasteiger charge is 2.43. The van der Waals surface area contributed by atoms with Crippen LogP contribution in [0.3, 0.4) is 0 Å². The molecule has 0 aromatic heterocycles. The molecule has 6 rings (SSSR count). The molecule has 1 saturated heterocycles. The van der Waals surface area contributed by atoms with Crippen LogP contribution >= 0.6 is 7.14 Å². The molecule has 3 nitrogen and oxygen atoms in total. The Labute approximate surface area is 235 Å². The van der Waals surface area contributed by atoms with E-state index in [0.717, 1.165) is 49.4 Å². The first kappa shape index (κ1) is 26.6. The van der Waals surface area contributed by atoms with Gasteiger partial charge in [-0.2, -0.15) is 5.10 Å². The fourth-order valence-electron chi connectivity index (χ4n) is 7.61. The van der Waals surface area contributed by atoms with Gasteiger partial charge in [0.15, 0.2) is 0 Å². The maximum Gasteiger partial charge on any atom is 0.122 e. The van der Waals surface area contributed by atoms with E-state index in [1.165, 1.54) is 49.7 Å². The van der Waals surface area contributed by atoms with Gasteiger partial charge in [0.25, 0.3) is 0 Å². The van der Waals surface area contributed by atoms with E-state index in [2.05, 4.69) is 96.2 Å². The molecule has 0 spiro atoms. The molecule has 3 fully saturated rings. The number of rotatable bonds is 7. The summed E-state index contributed by atoms with van der Waals surface area (Å²) in [6.45, 7) is 0. The van der Waals surface area contributed by atoms with Crippen LogP contribution in [0.25, 0.3) is 0 Å². The van der Waals surface area contributed by atoms with Crippen LogP contribution < -0.4 is 5.30 Å². The quantitative estimate of drug-likeness (QED) is 0.222. The normalized spacial score (nSPS) is 23.4. The van der Waals surface area contributed by atoms with Crippen molar-refractivity contribution in [3.05, 3.63) is 102 Å². The number of hydrazone groups is 1. The standard InChI is InChI=1S/C35H43N2OP/c38-39(31-20-9-3-10-21-31,32-22-11-4-12-23-32)35-24-14-13-19-30(35)27-36-37-33(28-15-5-1-6-16-28)25-26-34(37)29-17-7-2-8-18-29/h1-2,5-8,13-19,24,27,31-34H,3-4,9-12,20-23,25-26H2/b36-27+/t33-,34-/m0/s1. The SMILES string of the molecule is O=P(c1ccccc1/C=N/N1[C@H](c2ccccc2)CC[C@H]1c1ccccc1)(C1CCCCC1)C1CCCCC1. The highest BCUT2D eigenvalue weighted by molar-refractivity contribution is 7.73. The van der Waals surface area contributed by atoms with Gasteiger partial charge in [0, 0.05) is 22.2 Å². The van der Waals surface area contributed by atoms with E-state index in [-0.39, 0.29) is 12.1 Å². The van der Waals surface area contributed by atoms with E-state index >= 15 is 4.57 Å². The minimum Gasteiger partial charge on any atom is -0.318 e. The molecule has 3 aromatic rings. The average molecular weight is 539 g/mol. The van der Waals surface area contributed by atoms with Crippen molar-refractivity contribution in [1.82, 2.24) is 5.01 Å². The molecule has 3 aromatic carbocycles. The van der Waals surface area contributed by atoms with E-state index < -0.39 is 7.14 Å². The summed E-state index contributed by atoms with van der Waals surface area (Å²) in [4.78, 5) is 0. The summed E-state index contributed by atoms with van der Waals surface area (Å²) >= 11 is 0. The first-order chi connectivity index (χ1) is 19.2. The molecule has 0 unspecified atom stereocenters. The Bertz CT molecular complexity index is 1210. The number of hydrogen-bond acceptors (Lipinski definition) is 3. The summed E-state index contributed by atoms with van der Waals surface area (Å²) in [6, 6.07) is 30.7. The van der Waals surface area contributed by atoms with E-state index in [1.807, 2.05) is 0 Å². The van der Waals surface area contributed by atoms with Gasteiger partial charge in [-0.3, -0.25) is 5.01 Å². The molecular weight excluding hydrogens is 495 g/mol. The fourth-order valence-corrected chi connectivity index (χ4v) is 12.1. The van der Waals surface area contributed by atoms with Gasteiger partial charge in [0.05, 0.1) is 18.3 Å². The smallest absolute Gasteiger partial charge is 0.122 e. The molecule has 2 aliphatic carbocycles. The van der Waals surface area contributed by atoms with Gasteiger partial charge in [-0.1, -0.05) is 123 Å². The summed E-state index contributed by atoms with van der Waals surface area (Å²) in [6.07, 6.45) is 16.2. The highest BCUT2D eigenvalue weighted by atomic mass is 31.2. The van der Waals surface area contributed by atoms with Crippen molar-refractivity contribution in [3.63, 3.8) is 0 Å². The van der Waals surface area contributed by atoms with Crippen LogP contribution in [0.4, 0.5) is 0 Å². The zero-order valence-electron chi connectivity index (χ0n) is 23.2. The third kappa shape index (κ3) is 5.53. The van der Waals surface area contributed by atoms with Crippen molar-refractivity contribution >= 4 is 18.7 Å². The third-order valence-corrected chi connectivity index (χ3v) is 14.0. The van der Waals surface area contributed by atoms with Crippen LogP contribution in [-0.4, -0.2) is 22.5 Å². The van der Waals surface area contributed by atoms with Crippen molar-refractivity contribution in [2.45, 2.75) is 100 Å². The van der Waals surface area contributed by atoms with Crippen molar-refractivity contribution < 1.29 is 4.57 Å². The zero-order valence-corrected chi connectivity index (χ0v) is 24.1. The molecule has 0 N–H and O–H groups in total. The Morgan fingerprint density at radius 2 is 1.05 bits per heavy atom. The zero-order chi connectivity index (χ0) is 26.5. The van der Waals surface area contributed by atoms with Crippen LogP contribution in [0.15, 0.2) is 90.0 Å². The summed E-state index contributed by atoms with van der Waals surface area (Å²) in [5, 5.41) is 8.70. The molecule has 0 bridgehead atoms. The summed E-state index contributed by atoms with van der Waals surface area (Å²) < 4.78 is 15.4. The minimum absolute atomic E-state index is 0.239. The van der Waals surface area contributed by atoms with Crippen molar-refractivity contribution in [3.8, 4) is 0 Å². The lowest BCUT2D eigenvalue weighted by atomic mass is 9.99. The third-order valence-electron chi connectivity index (χ3n) is 9.60. The van der Waals surface area contributed by atoms with Crippen LogP contribution in [0.1, 0.15) is 106 Å². The summed E-state index contributed by atoms with van der Waals surface area (Å²) in [7, 11) is -2.58. The lowest BCUT2D eigenvalue weighted by Crippen LogP contribution is -2.31. The maximum atomic E-state index is 15.4. The van der Waals surface area contributed by atoms with E-state index in [1.54, 1.807) is 0 Å². The van der Waals surface area contributed by atoms with Gasteiger partial charge < -0.3 is 4.57 Å². The second-order valence-corrected chi connectivity index (χ2v) is 15.3. The molecule has 1 aliphatic heterocycles. The van der Waals surface area contributed by atoms with Crippen molar-refractivity contribution in [2.75, 3.05) is 0 Å². The van der Waals surface area contributed by atoms with E-state index in [0.29, 0.717) is 11.3 Å². The lowest BCUT2D eigenvalue weighted by molar-refractivity contribution is 0.206. The Hall–Kier alpha value is -2.64. The molecule has 4 heteroatoms. The summed E-state index contributed by atoms with van der Waals surface area (Å²) in [5.74, 6) is 0. The van der Waals surface area contributed by atoms with Crippen LogP contribution in [-0.2, 0) is 4.57 Å². The van der Waals surface area contributed by atoms with Gasteiger partial charge >= 0.3 is 0 Å². The molecule has 2 atom stereocenters. The number of hydrogen-bond donors (Lipinski definition) is 0. The Balaban J connectivity index is 1.38. The minimum atomic E-state index is -2.58. The van der Waals surface area contributed by atoms with Gasteiger partial charge in [-0.15, -0.1) is 0 Å². The number of nitrogens with zero attached hydrogens (tertiary/aromatic N) is 2. The fraction of sp³-hybridized carbons (Fsp3) is 0.457. The largest absolute Gasteiger partial charge is 0.318 e. The Morgan fingerprint density at radius 3 is 1.56 bits per heavy atom. The van der Waals surface area contributed by atoms with Gasteiger partial charge in [-0.05, 0) is 49.7 Å². The molecule has 0 radical (unpaired) electrons. The predicted molar refractivity (Wildman–Crippen MR) is 164 cm³/mol. The molecule has 39 heavy (non-hydrogen) atoms. The second kappa shape index (κ2) is 12.3. The molecule has 3 aliphatic rings. The molecular formula is C35H43N2OP. The predicted octanol–water partition coefficient (Wildman–Crippen LogP) is 9.25. The molecule has 0 amide bonds. The monoisotopic (exact) mass is 538 g/mol. The first-order valence-electron chi connectivity index (χ1n) is 15.4. The summed E-state index contributed by atoms with van der Waals surface area (Å²) in [5.41, 5.74) is 4.38. The van der Waals surface area contributed by atoms with Gasteiger partial charge in [0.2, 0.25) is 0 Å². The molecule has 2 saturated carbocycles. The Kier molecular flexibility index (Phi) is 8.35. The van der Waals surface area contributed by atoms with Crippen LogP contribution in [0.2, 0.25) is 0 Å². The topological polar surface area (TPSA) is 32.7 Å². The van der Waals surface area contributed by atoms with Crippen molar-refractivity contribution in [1.29, 1.82) is 0 Å². The average Bonchev–Trinajstić information content (AvgIpc) is 3.45. The first-order valence-corrected chi connectivity index (χ1v) is 17.2. The second-order valence-electron chi connectivity index (χ2n) is 11.9. The number of benzene rings is 3. The molecule has 1 heterocycles. The maximum absolute atomic E-state index is 15.4. The molecule has 204 valence electrons. The van der Waals surface area contributed by atoms with Crippen molar-refractivity contribution in [2.24, 2.45) is 5.10 Å². The van der Waals surface area contributed by atoms with E-state index in [4.69, 9.17) is 5.10 Å². The van der Waals surface area contributed by atoms with E-state index in [9.17, 15) is 0 Å². The van der Waals surface area contributed by atoms with Gasteiger partial charge in [0.1, 0.15) is 7.14 Å². The lowest BCUT2D eigenvalue weighted by Gasteiger charge is -2.39. The van der Waals surface area contributed by atoms with Crippen LogP contribution in [0.5, 0.6) is 0 Å². The van der Waals surface area contributed by atoms with Gasteiger partial charge in [-0.25, -0.2) is 0 Å².